The van der Waals surface area contributed by atoms with Gasteiger partial charge in [-0.25, -0.2) is 4.79 Å². The highest BCUT2D eigenvalue weighted by Gasteiger charge is 2.38. The number of aliphatic hydroxyl groups excluding tert-OH is 1. The minimum Gasteiger partial charge on any atom is -0.480 e. The van der Waals surface area contributed by atoms with Gasteiger partial charge in [0.15, 0.2) is 0 Å². The molecule has 6 nitrogen and oxygen atoms in total. The molecule has 0 aromatic heterocycles. The van der Waals surface area contributed by atoms with E-state index in [4.69, 9.17) is 9.84 Å². The van der Waals surface area contributed by atoms with Crippen LogP contribution in [-0.2, 0) is 14.3 Å². The third-order valence-corrected chi connectivity index (χ3v) is 2.51. The average molecular weight is 245 g/mol. The minimum absolute atomic E-state index is 0.0588. The maximum absolute atomic E-state index is 11.8. The molecule has 6 heteroatoms. The van der Waals surface area contributed by atoms with E-state index in [2.05, 4.69) is 0 Å². The maximum atomic E-state index is 11.8. The van der Waals surface area contributed by atoms with Gasteiger partial charge in [0, 0.05) is 13.0 Å². The van der Waals surface area contributed by atoms with Gasteiger partial charge >= 0.3 is 5.97 Å². The third-order valence-electron chi connectivity index (χ3n) is 2.51. The monoisotopic (exact) mass is 245 g/mol. The van der Waals surface area contributed by atoms with Crippen molar-refractivity contribution >= 4 is 11.9 Å². The number of hydrogen-bond donors (Lipinski definition) is 2. The standard InChI is InChI=1S/C11H19NO5/c1-11(2,3)17-6-9(14)12-5-7(13)4-8(12)10(15)16/h7-8,13H,4-6H2,1-3H3,(H,15,16)/t7-,8-/m1/s1. The SMILES string of the molecule is CC(C)(C)OCC(=O)N1C[C@H](O)C[C@@H]1C(=O)O. The van der Waals surface area contributed by atoms with E-state index in [9.17, 15) is 14.7 Å². The van der Waals surface area contributed by atoms with Crippen LogP contribution in [0, 0.1) is 0 Å². The van der Waals surface area contributed by atoms with Crippen LogP contribution in [0.2, 0.25) is 0 Å². The minimum atomic E-state index is -1.09. The zero-order valence-corrected chi connectivity index (χ0v) is 10.3. The number of carbonyl (C=O) groups is 2. The van der Waals surface area contributed by atoms with Gasteiger partial charge in [0.25, 0.3) is 0 Å². The summed E-state index contributed by atoms with van der Waals surface area (Å²) in [6.45, 7) is 5.33. The largest absolute Gasteiger partial charge is 0.480 e. The van der Waals surface area contributed by atoms with Gasteiger partial charge in [0.1, 0.15) is 12.6 Å². The highest BCUT2D eigenvalue weighted by Crippen LogP contribution is 2.19. The number of ether oxygens (including phenoxy) is 1. The highest BCUT2D eigenvalue weighted by atomic mass is 16.5. The molecule has 0 spiro atoms. The molecule has 0 saturated carbocycles. The van der Waals surface area contributed by atoms with E-state index in [-0.39, 0.29) is 19.6 Å². The van der Waals surface area contributed by atoms with Crippen molar-refractivity contribution in [2.45, 2.75) is 44.9 Å². The molecule has 0 aromatic carbocycles. The van der Waals surface area contributed by atoms with Gasteiger partial charge < -0.3 is 19.8 Å². The first-order valence-corrected chi connectivity index (χ1v) is 5.55. The molecular weight excluding hydrogens is 226 g/mol. The summed E-state index contributed by atoms with van der Waals surface area (Å²) in [6, 6.07) is -0.943. The third kappa shape index (κ3) is 3.98. The van der Waals surface area contributed by atoms with Crippen molar-refractivity contribution in [2.75, 3.05) is 13.2 Å². The molecule has 1 saturated heterocycles. The van der Waals surface area contributed by atoms with Crippen molar-refractivity contribution in [1.82, 2.24) is 4.90 Å². The van der Waals surface area contributed by atoms with Crippen LogP contribution in [0.5, 0.6) is 0 Å². The lowest BCUT2D eigenvalue weighted by Crippen LogP contribution is -2.43. The zero-order valence-electron chi connectivity index (χ0n) is 10.3. The van der Waals surface area contributed by atoms with Crippen LogP contribution in [0.25, 0.3) is 0 Å². The molecule has 0 aliphatic carbocycles. The van der Waals surface area contributed by atoms with Gasteiger partial charge in [-0.15, -0.1) is 0 Å². The summed E-state index contributed by atoms with van der Waals surface area (Å²) < 4.78 is 5.30. The number of nitrogens with zero attached hydrogens (tertiary/aromatic N) is 1. The van der Waals surface area contributed by atoms with Crippen molar-refractivity contribution in [3.63, 3.8) is 0 Å². The van der Waals surface area contributed by atoms with Crippen LogP contribution in [-0.4, -0.2) is 57.9 Å². The Morgan fingerprint density at radius 3 is 2.47 bits per heavy atom. The molecule has 0 unspecified atom stereocenters. The van der Waals surface area contributed by atoms with E-state index in [1.165, 1.54) is 4.90 Å². The van der Waals surface area contributed by atoms with Crippen LogP contribution in [0.1, 0.15) is 27.2 Å². The van der Waals surface area contributed by atoms with Gasteiger partial charge in [-0.05, 0) is 20.8 Å². The Morgan fingerprint density at radius 1 is 1.41 bits per heavy atom. The predicted molar refractivity (Wildman–Crippen MR) is 59.5 cm³/mol. The smallest absolute Gasteiger partial charge is 0.326 e. The van der Waals surface area contributed by atoms with E-state index < -0.39 is 29.6 Å². The molecule has 0 bridgehead atoms. The molecule has 17 heavy (non-hydrogen) atoms. The van der Waals surface area contributed by atoms with E-state index in [0.29, 0.717) is 0 Å². The van der Waals surface area contributed by atoms with E-state index in [0.717, 1.165) is 0 Å². The molecule has 0 aromatic rings. The second-order valence-corrected chi connectivity index (χ2v) is 5.19. The lowest BCUT2D eigenvalue weighted by Gasteiger charge is -2.24. The van der Waals surface area contributed by atoms with Crippen LogP contribution in [0.3, 0.4) is 0 Å². The normalized spacial score (nSPS) is 25.1. The molecule has 1 aliphatic heterocycles. The number of carbonyl (C=O) groups excluding carboxylic acids is 1. The zero-order chi connectivity index (χ0) is 13.2. The van der Waals surface area contributed by atoms with Gasteiger partial charge in [-0.2, -0.15) is 0 Å². The number of carboxylic acid groups (broad SMARTS) is 1. The summed E-state index contributed by atoms with van der Waals surface area (Å²) in [5.41, 5.74) is -0.452. The summed E-state index contributed by atoms with van der Waals surface area (Å²) in [7, 11) is 0. The fourth-order valence-corrected chi connectivity index (χ4v) is 1.68. The topological polar surface area (TPSA) is 87.1 Å². The van der Waals surface area contributed by atoms with Gasteiger partial charge in [-0.3, -0.25) is 4.79 Å². The van der Waals surface area contributed by atoms with Crippen molar-refractivity contribution in [1.29, 1.82) is 0 Å². The number of amides is 1. The van der Waals surface area contributed by atoms with Crippen molar-refractivity contribution in [3.05, 3.63) is 0 Å². The van der Waals surface area contributed by atoms with Gasteiger partial charge in [0.05, 0.1) is 11.7 Å². The molecule has 0 radical (unpaired) electrons. The Hall–Kier alpha value is -1.14. The molecule has 1 amide bonds. The first kappa shape index (κ1) is 13.9. The fourth-order valence-electron chi connectivity index (χ4n) is 1.68. The molecule has 2 atom stereocenters. The molecule has 2 N–H and O–H groups in total. The van der Waals surface area contributed by atoms with E-state index in [1.54, 1.807) is 0 Å². The lowest BCUT2D eigenvalue weighted by molar-refractivity contribution is -0.152. The van der Waals surface area contributed by atoms with E-state index >= 15 is 0 Å². The summed E-state index contributed by atoms with van der Waals surface area (Å²) in [6.07, 6.45) is -0.689. The number of aliphatic hydroxyl groups is 1. The molecular formula is C11H19NO5. The van der Waals surface area contributed by atoms with Crippen LogP contribution in [0.15, 0.2) is 0 Å². The number of carboxylic acids is 1. The maximum Gasteiger partial charge on any atom is 0.326 e. The second-order valence-electron chi connectivity index (χ2n) is 5.19. The van der Waals surface area contributed by atoms with Crippen LogP contribution >= 0.6 is 0 Å². The van der Waals surface area contributed by atoms with Crippen LogP contribution < -0.4 is 0 Å². The average Bonchev–Trinajstić information content (AvgIpc) is 2.55. The van der Waals surface area contributed by atoms with E-state index in [1.807, 2.05) is 20.8 Å². The number of likely N-dealkylation sites (tertiary alicyclic amines) is 1. The van der Waals surface area contributed by atoms with Crippen molar-refractivity contribution in [2.24, 2.45) is 0 Å². The Bertz CT molecular complexity index is 309. The number of β-amino-alcohol motifs (C(OH)–C–C–N with tert-alkyl or cyclic N) is 1. The lowest BCUT2D eigenvalue weighted by atomic mass is 10.2. The quantitative estimate of drug-likeness (QED) is 0.722. The molecule has 98 valence electrons. The molecule has 1 fully saturated rings. The molecule has 1 aliphatic rings. The van der Waals surface area contributed by atoms with Gasteiger partial charge in [-0.1, -0.05) is 0 Å². The Morgan fingerprint density at radius 2 is 2.00 bits per heavy atom. The Labute approximate surface area is 100 Å². The summed E-state index contributed by atoms with van der Waals surface area (Å²) >= 11 is 0. The number of aliphatic carboxylic acids is 1. The number of hydrogen-bond acceptors (Lipinski definition) is 4. The Kier molecular flexibility index (Phi) is 4.11. The van der Waals surface area contributed by atoms with Crippen LogP contribution in [0.4, 0.5) is 0 Å². The molecule has 1 rings (SSSR count). The molecule has 1 heterocycles. The first-order chi connectivity index (χ1) is 7.70. The Balaban J connectivity index is 2.59. The summed E-state index contributed by atoms with van der Waals surface area (Å²) in [5, 5.41) is 18.3. The summed E-state index contributed by atoms with van der Waals surface area (Å²) in [4.78, 5) is 23.9. The highest BCUT2D eigenvalue weighted by molar-refractivity contribution is 5.85. The number of rotatable bonds is 3. The summed E-state index contributed by atoms with van der Waals surface area (Å²) in [5.74, 6) is -1.49. The first-order valence-electron chi connectivity index (χ1n) is 5.55. The van der Waals surface area contributed by atoms with Gasteiger partial charge in [0.2, 0.25) is 5.91 Å². The van der Waals surface area contributed by atoms with Crippen molar-refractivity contribution in [3.8, 4) is 0 Å². The second kappa shape index (κ2) is 5.01. The van der Waals surface area contributed by atoms with Crippen molar-refractivity contribution < 1.29 is 24.5 Å². The predicted octanol–water partition coefficient (Wildman–Crippen LogP) is -0.152. The fraction of sp³-hybridized carbons (Fsp3) is 0.818.